The van der Waals surface area contributed by atoms with E-state index in [4.69, 9.17) is 9.97 Å². The van der Waals surface area contributed by atoms with Gasteiger partial charge < -0.3 is 16.0 Å². The molecule has 7 nitrogen and oxygen atoms in total. The van der Waals surface area contributed by atoms with Crippen LogP contribution in [0.15, 0.2) is 24.3 Å². The Balaban J connectivity index is 1.43. The molecule has 1 fully saturated rings. The highest BCUT2D eigenvalue weighted by Gasteiger charge is 2.26. The number of carbonyl (C=O) groups is 1. The predicted octanol–water partition coefficient (Wildman–Crippen LogP) is 2.12. The number of nitrogens with zero attached hydrogens (tertiary/aromatic N) is 3. The number of piperidine rings is 1. The molecular formula is C21H27FN6O. The van der Waals surface area contributed by atoms with Gasteiger partial charge in [-0.15, -0.1) is 0 Å². The van der Waals surface area contributed by atoms with E-state index in [-0.39, 0.29) is 18.3 Å². The molecule has 29 heavy (non-hydrogen) atoms. The van der Waals surface area contributed by atoms with Gasteiger partial charge in [0.25, 0.3) is 0 Å². The van der Waals surface area contributed by atoms with Crippen molar-refractivity contribution in [3.8, 4) is 0 Å². The molecule has 2 aliphatic rings. The van der Waals surface area contributed by atoms with Crippen molar-refractivity contribution in [1.82, 2.24) is 20.2 Å². The number of anilines is 2. The highest BCUT2D eigenvalue weighted by Crippen LogP contribution is 2.28. The fourth-order valence-electron chi connectivity index (χ4n) is 4.02. The summed E-state index contributed by atoms with van der Waals surface area (Å²) in [5.74, 6) is 1.71. The van der Waals surface area contributed by atoms with Gasteiger partial charge in [-0.25, -0.2) is 14.4 Å². The van der Waals surface area contributed by atoms with Crippen molar-refractivity contribution in [2.75, 3.05) is 43.9 Å². The fourth-order valence-corrected chi connectivity index (χ4v) is 4.02. The van der Waals surface area contributed by atoms with Crippen molar-refractivity contribution in [3.63, 3.8) is 0 Å². The number of nitrogens with one attached hydrogen (secondary N) is 3. The van der Waals surface area contributed by atoms with Crippen molar-refractivity contribution in [1.29, 1.82) is 0 Å². The predicted molar refractivity (Wildman–Crippen MR) is 110 cm³/mol. The number of aromatic nitrogens is 2. The molecule has 0 saturated carbocycles. The van der Waals surface area contributed by atoms with E-state index in [2.05, 4.69) is 20.9 Å². The van der Waals surface area contributed by atoms with Gasteiger partial charge in [-0.1, -0.05) is 0 Å². The Morgan fingerprint density at radius 3 is 2.86 bits per heavy atom. The van der Waals surface area contributed by atoms with Crippen LogP contribution in [0, 0.1) is 5.82 Å². The van der Waals surface area contributed by atoms with Crippen LogP contribution in [0.4, 0.5) is 15.9 Å². The van der Waals surface area contributed by atoms with Crippen molar-refractivity contribution in [2.45, 2.75) is 31.7 Å². The third-order valence-corrected chi connectivity index (χ3v) is 5.55. The van der Waals surface area contributed by atoms with E-state index in [9.17, 15) is 9.18 Å². The lowest BCUT2D eigenvalue weighted by atomic mass is 9.97. The Bertz CT molecular complexity index is 849. The lowest BCUT2D eigenvalue weighted by Gasteiger charge is -2.30. The molecule has 1 saturated heterocycles. The minimum Gasteiger partial charge on any atom is -0.373 e. The number of fused-ring (bicyclic) bond motifs is 1. The number of carbonyl (C=O) groups excluding carboxylic acids is 1. The fraction of sp³-hybridized carbons (Fsp3) is 0.476. The summed E-state index contributed by atoms with van der Waals surface area (Å²) in [4.78, 5) is 24.2. The summed E-state index contributed by atoms with van der Waals surface area (Å²) < 4.78 is 13.0. The highest BCUT2D eigenvalue weighted by atomic mass is 19.1. The molecule has 154 valence electrons. The van der Waals surface area contributed by atoms with E-state index < -0.39 is 0 Å². The van der Waals surface area contributed by atoms with Gasteiger partial charge in [0.05, 0.1) is 12.2 Å². The maximum absolute atomic E-state index is 13.0. The molecule has 0 aliphatic carbocycles. The maximum atomic E-state index is 13.0. The Labute approximate surface area is 170 Å². The summed E-state index contributed by atoms with van der Waals surface area (Å²) >= 11 is 0. The topological polar surface area (TPSA) is 82.2 Å². The van der Waals surface area contributed by atoms with Crippen LogP contribution < -0.4 is 16.0 Å². The summed E-state index contributed by atoms with van der Waals surface area (Å²) in [5, 5.41) is 9.47. The Morgan fingerprint density at radius 2 is 2.14 bits per heavy atom. The van der Waals surface area contributed by atoms with Crippen molar-refractivity contribution in [2.24, 2.45) is 0 Å². The van der Waals surface area contributed by atoms with E-state index in [1.807, 2.05) is 7.05 Å². The monoisotopic (exact) mass is 398 g/mol. The Hall–Kier alpha value is -2.58. The zero-order chi connectivity index (χ0) is 20.2. The minimum atomic E-state index is -0.321. The quantitative estimate of drug-likeness (QED) is 0.716. The third-order valence-electron chi connectivity index (χ3n) is 5.55. The van der Waals surface area contributed by atoms with Crippen LogP contribution in [0.3, 0.4) is 0 Å². The van der Waals surface area contributed by atoms with Gasteiger partial charge in [-0.05, 0) is 43.7 Å². The van der Waals surface area contributed by atoms with Gasteiger partial charge in [0.2, 0.25) is 5.91 Å². The molecule has 2 aromatic rings. The number of halogens is 1. The van der Waals surface area contributed by atoms with Crippen LogP contribution in [-0.2, 0) is 17.8 Å². The second-order valence-electron chi connectivity index (χ2n) is 7.66. The Kier molecular flexibility index (Phi) is 6.01. The van der Waals surface area contributed by atoms with Crippen LogP contribution in [0.1, 0.15) is 35.8 Å². The van der Waals surface area contributed by atoms with E-state index in [0.717, 1.165) is 61.8 Å². The largest absolute Gasteiger partial charge is 0.373 e. The molecule has 0 spiro atoms. The molecule has 3 N–H and O–H groups in total. The van der Waals surface area contributed by atoms with Crippen molar-refractivity contribution < 1.29 is 9.18 Å². The second-order valence-corrected chi connectivity index (χ2v) is 7.66. The summed E-state index contributed by atoms with van der Waals surface area (Å²) in [6.45, 7) is 3.67. The molecule has 1 aromatic heterocycles. The first-order chi connectivity index (χ1) is 14.1. The summed E-state index contributed by atoms with van der Waals surface area (Å²) in [7, 11) is 1.88. The van der Waals surface area contributed by atoms with Gasteiger partial charge in [0.1, 0.15) is 17.5 Å². The van der Waals surface area contributed by atoms with Crippen LogP contribution in [0.25, 0.3) is 0 Å². The van der Waals surface area contributed by atoms with E-state index in [1.165, 1.54) is 12.1 Å². The van der Waals surface area contributed by atoms with Gasteiger partial charge in [0.15, 0.2) is 0 Å². The molecule has 0 radical (unpaired) electrons. The van der Waals surface area contributed by atoms with E-state index in [0.29, 0.717) is 18.2 Å². The van der Waals surface area contributed by atoms with Gasteiger partial charge in [-0.2, -0.15) is 0 Å². The molecule has 2 aliphatic heterocycles. The molecule has 8 heteroatoms. The molecule has 1 aromatic carbocycles. The average molecular weight is 398 g/mol. The average Bonchev–Trinajstić information content (AvgIpc) is 2.75. The third kappa shape index (κ3) is 4.71. The van der Waals surface area contributed by atoms with Gasteiger partial charge in [-0.3, -0.25) is 9.69 Å². The second kappa shape index (κ2) is 8.84. The first-order valence-corrected chi connectivity index (χ1v) is 10.2. The van der Waals surface area contributed by atoms with Crippen LogP contribution >= 0.6 is 0 Å². The van der Waals surface area contributed by atoms with Gasteiger partial charge >= 0.3 is 0 Å². The maximum Gasteiger partial charge on any atom is 0.238 e. The highest BCUT2D eigenvalue weighted by molar-refractivity contribution is 5.92. The molecule has 0 bridgehead atoms. The number of amides is 1. The SMILES string of the molecule is CNc1nc([C@@H]2CCCNC2)nc2c1CN(CC(=O)Nc1ccc(F)cc1)CC2. The summed E-state index contributed by atoms with van der Waals surface area (Å²) in [6, 6.07) is 5.80. The number of benzene rings is 1. The van der Waals surface area contributed by atoms with Crippen LogP contribution in [0.5, 0.6) is 0 Å². The lowest BCUT2D eigenvalue weighted by Crippen LogP contribution is -2.38. The summed E-state index contributed by atoms with van der Waals surface area (Å²) in [5.41, 5.74) is 2.75. The lowest BCUT2D eigenvalue weighted by molar-refractivity contribution is -0.117. The number of hydrogen-bond donors (Lipinski definition) is 3. The van der Waals surface area contributed by atoms with Gasteiger partial charge in [0, 0.05) is 50.3 Å². The zero-order valence-corrected chi connectivity index (χ0v) is 16.7. The summed E-state index contributed by atoms with van der Waals surface area (Å²) in [6.07, 6.45) is 3.06. The van der Waals surface area contributed by atoms with Crippen LogP contribution in [0.2, 0.25) is 0 Å². The molecular weight excluding hydrogens is 371 g/mol. The first-order valence-electron chi connectivity index (χ1n) is 10.2. The van der Waals surface area contributed by atoms with Crippen molar-refractivity contribution >= 4 is 17.4 Å². The zero-order valence-electron chi connectivity index (χ0n) is 16.7. The first kappa shape index (κ1) is 19.7. The normalized spacial score (nSPS) is 19.4. The number of rotatable bonds is 5. The van der Waals surface area contributed by atoms with E-state index >= 15 is 0 Å². The standard InChI is InChI=1S/C21H27FN6O/c1-23-21-17-12-28(13-19(29)25-16-6-4-15(22)5-7-16)10-8-18(17)26-20(27-21)14-3-2-9-24-11-14/h4-7,14,24H,2-3,8-13H2,1H3,(H,25,29)(H,23,26,27)/t14-/m1/s1. The molecule has 1 atom stereocenters. The smallest absolute Gasteiger partial charge is 0.238 e. The minimum absolute atomic E-state index is 0.114. The molecule has 3 heterocycles. The molecule has 4 rings (SSSR count). The molecule has 1 amide bonds. The molecule has 0 unspecified atom stereocenters. The number of hydrogen-bond acceptors (Lipinski definition) is 6. The van der Waals surface area contributed by atoms with Crippen molar-refractivity contribution in [3.05, 3.63) is 47.2 Å². The van der Waals surface area contributed by atoms with Crippen LogP contribution in [-0.4, -0.2) is 54.0 Å². The van der Waals surface area contributed by atoms with E-state index in [1.54, 1.807) is 12.1 Å². The Morgan fingerprint density at radius 1 is 1.31 bits per heavy atom.